The van der Waals surface area contributed by atoms with Crippen LogP contribution in [0.5, 0.6) is 0 Å². The summed E-state index contributed by atoms with van der Waals surface area (Å²) >= 11 is 12.1. The van der Waals surface area contributed by atoms with E-state index in [1.165, 1.54) is 0 Å². The number of benzene rings is 2. The van der Waals surface area contributed by atoms with E-state index in [0.29, 0.717) is 16.7 Å². The molecule has 23 heavy (non-hydrogen) atoms. The van der Waals surface area contributed by atoms with E-state index < -0.39 is 0 Å². The fraction of sp³-hybridized carbons (Fsp3) is 0.158. The Morgan fingerprint density at radius 3 is 2.57 bits per heavy atom. The average Bonchev–Trinajstić information content (AvgIpc) is 2.58. The first-order chi connectivity index (χ1) is 11.2. The molecule has 0 N–H and O–H groups in total. The van der Waals surface area contributed by atoms with Gasteiger partial charge in [-0.15, -0.1) is 0 Å². The zero-order valence-corrected chi connectivity index (χ0v) is 14.1. The Kier molecular flexibility index (Phi) is 5.27. The molecule has 0 atom stereocenters. The second-order valence-corrected chi connectivity index (χ2v) is 6.21. The van der Waals surface area contributed by atoms with Gasteiger partial charge in [0.05, 0.1) is 0 Å². The molecule has 0 fully saturated rings. The van der Waals surface area contributed by atoms with Crippen molar-refractivity contribution >= 4 is 23.2 Å². The third-order valence-corrected chi connectivity index (χ3v) is 4.20. The minimum Gasteiger partial charge on any atom is -0.489 e. The lowest BCUT2D eigenvalue weighted by molar-refractivity contribution is 0.204. The molecule has 0 saturated heterocycles. The Bertz CT molecular complexity index is 725. The van der Waals surface area contributed by atoms with Crippen LogP contribution >= 0.6 is 23.2 Å². The minimum atomic E-state index is 0.583. The summed E-state index contributed by atoms with van der Waals surface area (Å²) in [6.07, 6.45) is 6.09. The first-order valence-electron chi connectivity index (χ1n) is 7.44. The Labute approximate surface area is 146 Å². The molecule has 0 aliphatic carbocycles. The lowest BCUT2D eigenvalue weighted by Crippen LogP contribution is -2.20. The molecule has 0 spiro atoms. The largest absolute Gasteiger partial charge is 0.489 e. The molecule has 1 aliphatic rings. The summed E-state index contributed by atoms with van der Waals surface area (Å²) in [4.78, 5) is 2.17. The van der Waals surface area contributed by atoms with Gasteiger partial charge in [-0.2, -0.15) is 0 Å². The van der Waals surface area contributed by atoms with E-state index in [9.17, 15) is 0 Å². The molecule has 1 heterocycles. The van der Waals surface area contributed by atoms with Crippen molar-refractivity contribution in [1.82, 2.24) is 4.90 Å². The Morgan fingerprint density at radius 2 is 1.87 bits per heavy atom. The molecule has 2 aromatic carbocycles. The van der Waals surface area contributed by atoms with Gasteiger partial charge in [0, 0.05) is 29.3 Å². The van der Waals surface area contributed by atoms with Crippen molar-refractivity contribution in [3.8, 4) is 0 Å². The minimum absolute atomic E-state index is 0.583. The molecule has 1 aliphatic heterocycles. The fourth-order valence-electron chi connectivity index (χ4n) is 2.35. The van der Waals surface area contributed by atoms with Crippen molar-refractivity contribution in [2.75, 3.05) is 6.54 Å². The first kappa shape index (κ1) is 16.0. The van der Waals surface area contributed by atoms with Gasteiger partial charge < -0.3 is 9.64 Å². The number of ether oxygens (including phenoxy) is 1. The number of hydrogen-bond donors (Lipinski definition) is 0. The lowest BCUT2D eigenvalue weighted by Gasteiger charge is -2.23. The normalized spacial score (nSPS) is 13.8. The maximum absolute atomic E-state index is 6.22. The Balaban J connectivity index is 1.53. The molecule has 118 valence electrons. The van der Waals surface area contributed by atoms with Crippen LogP contribution < -0.4 is 0 Å². The summed E-state index contributed by atoms with van der Waals surface area (Å²) in [5.41, 5.74) is 2.22. The SMILES string of the molecule is Clc1ccc(CN2C=CC(OCc3ccccc3)=CC2)c(Cl)c1. The van der Waals surface area contributed by atoms with Gasteiger partial charge in [-0.05, 0) is 35.4 Å². The van der Waals surface area contributed by atoms with Crippen molar-refractivity contribution in [3.63, 3.8) is 0 Å². The van der Waals surface area contributed by atoms with Gasteiger partial charge in [0.1, 0.15) is 12.4 Å². The first-order valence-corrected chi connectivity index (χ1v) is 8.19. The molecule has 3 rings (SSSR count). The zero-order chi connectivity index (χ0) is 16.1. The quantitative estimate of drug-likeness (QED) is 0.716. The number of rotatable bonds is 5. The van der Waals surface area contributed by atoms with Crippen LogP contribution in [0.1, 0.15) is 11.1 Å². The predicted octanol–water partition coefficient (Wildman–Crippen LogP) is 5.42. The average molecular weight is 346 g/mol. The van der Waals surface area contributed by atoms with Gasteiger partial charge in [0.15, 0.2) is 0 Å². The number of nitrogens with zero attached hydrogens (tertiary/aromatic N) is 1. The highest BCUT2D eigenvalue weighted by Gasteiger charge is 2.09. The van der Waals surface area contributed by atoms with Crippen LogP contribution in [0.15, 0.2) is 72.6 Å². The maximum atomic E-state index is 6.22. The molecule has 0 radical (unpaired) electrons. The summed E-state index contributed by atoms with van der Waals surface area (Å²) < 4.78 is 5.81. The molecular formula is C19H17Cl2NO. The van der Waals surface area contributed by atoms with Crippen molar-refractivity contribution in [1.29, 1.82) is 0 Å². The summed E-state index contributed by atoms with van der Waals surface area (Å²) in [6, 6.07) is 15.7. The van der Waals surface area contributed by atoms with E-state index in [-0.39, 0.29) is 0 Å². The monoisotopic (exact) mass is 345 g/mol. The second kappa shape index (κ2) is 7.58. The maximum Gasteiger partial charge on any atom is 0.119 e. The topological polar surface area (TPSA) is 12.5 Å². The van der Waals surface area contributed by atoms with Gasteiger partial charge in [-0.25, -0.2) is 0 Å². The van der Waals surface area contributed by atoms with Crippen molar-refractivity contribution in [3.05, 3.63) is 93.8 Å². The summed E-state index contributed by atoms with van der Waals surface area (Å²) in [6.45, 7) is 2.12. The van der Waals surface area contributed by atoms with Gasteiger partial charge in [0.25, 0.3) is 0 Å². The van der Waals surface area contributed by atoms with Crippen LogP contribution in [0.4, 0.5) is 0 Å². The molecule has 0 aromatic heterocycles. The molecular weight excluding hydrogens is 329 g/mol. The third-order valence-electron chi connectivity index (χ3n) is 3.61. The standard InChI is InChI=1S/C19H17Cl2NO/c20-17-7-6-16(19(21)12-17)13-22-10-8-18(9-11-22)23-14-15-4-2-1-3-5-15/h1-10,12H,11,13-14H2. The van der Waals surface area contributed by atoms with Crippen LogP contribution in [0.2, 0.25) is 10.0 Å². The molecule has 2 nitrogen and oxygen atoms in total. The van der Waals surface area contributed by atoms with Crippen LogP contribution in [0.25, 0.3) is 0 Å². The molecule has 0 bridgehead atoms. The lowest BCUT2D eigenvalue weighted by atomic mass is 10.2. The molecule has 0 unspecified atom stereocenters. The van der Waals surface area contributed by atoms with Gasteiger partial charge in [-0.1, -0.05) is 59.6 Å². The van der Waals surface area contributed by atoms with E-state index in [4.69, 9.17) is 27.9 Å². The smallest absolute Gasteiger partial charge is 0.119 e. The van der Waals surface area contributed by atoms with Crippen LogP contribution in [0.3, 0.4) is 0 Å². The Morgan fingerprint density at radius 1 is 1.04 bits per heavy atom. The number of halogens is 2. The summed E-state index contributed by atoms with van der Waals surface area (Å²) in [5, 5.41) is 1.35. The van der Waals surface area contributed by atoms with Gasteiger partial charge in [-0.3, -0.25) is 0 Å². The number of hydrogen-bond acceptors (Lipinski definition) is 2. The molecule has 0 saturated carbocycles. The Hall–Kier alpha value is -1.90. The van der Waals surface area contributed by atoms with Crippen LogP contribution in [-0.2, 0) is 17.9 Å². The summed E-state index contributed by atoms with van der Waals surface area (Å²) in [5.74, 6) is 0.896. The predicted molar refractivity (Wildman–Crippen MR) is 95.3 cm³/mol. The highest BCUT2D eigenvalue weighted by atomic mass is 35.5. The fourth-order valence-corrected chi connectivity index (χ4v) is 2.82. The molecule has 0 amide bonds. The van der Waals surface area contributed by atoms with E-state index in [1.807, 2.05) is 42.6 Å². The van der Waals surface area contributed by atoms with Crippen molar-refractivity contribution in [2.24, 2.45) is 0 Å². The van der Waals surface area contributed by atoms with Crippen molar-refractivity contribution < 1.29 is 4.74 Å². The van der Waals surface area contributed by atoms with Gasteiger partial charge >= 0.3 is 0 Å². The zero-order valence-electron chi connectivity index (χ0n) is 12.6. The second-order valence-electron chi connectivity index (χ2n) is 5.36. The van der Waals surface area contributed by atoms with E-state index in [1.54, 1.807) is 6.07 Å². The molecule has 4 heteroatoms. The molecule has 2 aromatic rings. The summed E-state index contributed by atoms with van der Waals surface area (Å²) in [7, 11) is 0. The van der Waals surface area contributed by atoms with Crippen LogP contribution in [-0.4, -0.2) is 11.4 Å². The van der Waals surface area contributed by atoms with E-state index in [0.717, 1.165) is 30.0 Å². The van der Waals surface area contributed by atoms with E-state index >= 15 is 0 Å². The van der Waals surface area contributed by atoms with E-state index in [2.05, 4.69) is 23.1 Å². The highest BCUT2D eigenvalue weighted by molar-refractivity contribution is 6.35. The van der Waals surface area contributed by atoms with Crippen LogP contribution in [0, 0.1) is 0 Å². The third kappa shape index (κ3) is 4.54. The number of allylic oxidation sites excluding steroid dienone is 1. The van der Waals surface area contributed by atoms with Gasteiger partial charge in [0.2, 0.25) is 0 Å². The highest BCUT2D eigenvalue weighted by Crippen LogP contribution is 2.23. The van der Waals surface area contributed by atoms with Crippen molar-refractivity contribution in [2.45, 2.75) is 13.2 Å².